The predicted molar refractivity (Wildman–Crippen MR) is 114 cm³/mol. The van der Waals surface area contributed by atoms with E-state index in [9.17, 15) is 9.59 Å². The Morgan fingerprint density at radius 3 is 2.76 bits per heavy atom. The molecule has 7 heteroatoms. The fourth-order valence-corrected chi connectivity index (χ4v) is 4.46. The lowest BCUT2D eigenvalue weighted by Crippen LogP contribution is -2.38. The number of likely N-dealkylation sites (tertiary alicyclic amines) is 1. The van der Waals surface area contributed by atoms with Crippen molar-refractivity contribution in [2.24, 2.45) is 0 Å². The van der Waals surface area contributed by atoms with Gasteiger partial charge in [-0.15, -0.1) is 11.3 Å². The maximum atomic E-state index is 12.6. The van der Waals surface area contributed by atoms with Crippen LogP contribution in [0.25, 0.3) is 0 Å². The van der Waals surface area contributed by atoms with Gasteiger partial charge in [0.2, 0.25) is 0 Å². The van der Waals surface area contributed by atoms with E-state index in [0.717, 1.165) is 43.0 Å². The molecule has 0 atom stereocenters. The lowest BCUT2D eigenvalue weighted by molar-refractivity contribution is -0.121. The van der Waals surface area contributed by atoms with E-state index in [4.69, 9.17) is 4.74 Å². The Hall–Kier alpha value is -2.41. The highest BCUT2D eigenvalue weighted by atomic mass is 32.1. The van der Waals surface area contributed by atoms with Gasteiger partial charge in [0.15, 0.2) is 6.61 Å². The van der Waals surface area contributed by atoms with Gasteiger partial charge in [-0.3, -0.25) is 14.5 Å². The molecule has 154 valence electrons. The molecule has 0 aliphatic carbocycles. The van der Waals surface area contributed by atoms with E-state index in [2.05, 4.69) is 37.9 Å². The van der Waals surface area contributed by atoms with Crippen LogP contribution in [0.5, 0.6) is 5.75 Å². The van der Waals surface area contributed by atoms with Gasteiger partial charge in [0.25, 0.3) is 11.8 Å². The summed E-state index contributed by atoms with van der Waals surface area (Å²) in [6.45, 7) is 8.53. The first-order chi connectivity index (χ1) is 13.9. The minimum Gasteiger partial charge on any atom is -0.482 e. The molecule has 0 N–H and O–H groups in total. The molecule has 1 saturated heterocycles. The largest absolute Gasteiger partial charge is 0.482 e. The molecular formula is C22H27N3O3S. The topological polar surface area (TPSA) is 62.7 Å². The summed E-state index contributed by atoms with van der Waals surface area (Å²) in [5, 5.41) is 2.56. The summed E-state index contributed by atoms with van der Waals surface area (Å²) in [6.07, 6.45) is 3.10. The molecular weight excluding hydrogens is 386 g/mol. The smallest absolute Gasteiger partial charge is 0.273 e. The van der Waals surface area contributed by atoms with E-state index in [-0.39, 0.29) is 23.8 Å². The van der Waals surface area contributed by atoms with Crippen molar-refractivity contribution in [3.05, 3.63) is 39.8 Å². The SMILES string of the molecule is CCC(C)(C)c1ccc2c(c1)N(Cc1nc(C(=O)N3CCCC3)cs1)C(=O)CO2. The molecule has 6 nitrogen and oxygen atoms in total. The van der Waals surface area contributed by atoms with Crippen molar-refractivity contribution in [3.63, 3.8) is 0 Å². The molecule has 1 fully saturated rings. The number of carbonyl (C=O) groups is 2. The zero-order valence-electron chi connectivity index (χ0n) is 17.2. The number of amides is 2. The van der Waals surface area contributed by atoms with Gasteiger partial charge in [0.05, 0.1) is 12.2 Å². The van der Waals surface area contributed by atoms with Gasteiger partial charge in [-0.2, -0.15) is 0 Å². The molecule has 2 aromatic rings. The molecule has 4 rings (SSSR count). The van der Waals surface area contributed by atoms with Crippen molar-refractivity contribution in [1.29, 1.82) is 0 Å². The van der Waals surface area contributed by atoms with Crippen molar-refractivity contribution < 1.29 is 14.3 Å². The summed E-state index contributed by atoms with van der Waals surface area (Å²) < 4.78 is 5.65. The van der Waals surface area contributed by atoms with Crippen molar-refractivity contribution in [1.82, 2.24) is 9.88 Å². The molecule has 0 bridgehead atoms. The van der Waals surface area contributed by atoms with E-state index >= 15 is 0 Å². The Kier molecular flexibility index (Phi) is 5.34. The van der Waals surface area contributed by atoms with Crippen molar-refractivity contribution in [2.45, 2.75) is 52.0 Å². The third-order valence-corrected chi connectivity index (χ3v) is 6.86. The second-order valence-electron chi connectivity index (χ2n) is 8.31. The normalized spacial score (nSPS) is 16.7. The quantitative estimate of drug-likeness (QED) is 0.743. The van der Waals surface area contributed by atoms with Crippen LogP contribution >= 0.6 is 11.3 Å². The third kappa shape index (κ3) is 3.88. The van der Waals surface area contributed by atoms with E-state index in [0.29, 0.717) is 18.0 Å². The molecule has 1 aromatic heterocycles. The van der Waals surface area contributed by atoms with Crippen LogP contribution in [-0.4, -0.2) is 41.4 Å². The number of aromatic nitrogens is 1. The Balaban J connectivity index is 1.59. The van der Waals surface area contributed by atoms with Gasteiger partial charge >= 0.3 is 0 Å². The van der Waals surface area contributed by atoms with Crippen LogP contribution in [0, 0.1) is 0 Å². The molecule has 3 heterocycles. The van der Waals surface area contributed by atoms with Crippen LogP contribution in [0.4, 0.5) is 5.69 Å². The lowest BCUT2D eigenvalue weighted by atomic mass is 9.82. The first-order valence-electron chi connectivity index (χ1n) is 10.2. The summed E-state index contributed by atoms with van der Waals surface area (Å²) in [7, 11) is 0. The Morgan fingerprint density at radius 2 is 2.03 bits per heavy atom. The maximum absolute atomic E-state index is 12.6. The molecule has 0 spiro atoms. The summed E-state index contributed by atoms with van der Waals surface area (Å²) in [5.41, 5.74) is 2.44. The average molecular weight is 414 g/mol. The Labute approximate surface area is 175 Å². The maximum Gasteiger partial charge on any atom is 0.273 e. The van der Waals surface area contributed by atoms with Gasteiger partial charge in [-0.05, 0) is 42.4 Å². The number of carbonyl (C=O) groups excluding carboxylic acids is 2. The van der Waals surface area contributed by atoms with Crippen molar-refractivity contribution >= 4 is 28.8 Å². The first-order valence-corrected chi connectivity index (χ1v) is 11.1. The summed E-state index contributed by atoms with van der Waals surface area (Å²) >= 11 is 1.43. The number of hydrogen-bond acceptors (Lipinski definition) is 5. The number of anilines is 1. The van der Waals surface area contributed by atoms with E-state index in [1.165, 1.54) is 16.9 Å². The van der Waals surface area contributed by atoms with Crippen LogP contribution in [0.15, 0.2) is 23.6 Å². The fourth-order valence-electron chi connectivity index (χ4n) is 3.70. The highest BCUT2D eigenvalue weighted by Gasteiger charge is 2.29. The summed E-state index contributed by atoms with van der Waals surface area (Å²) in [6, 6.07) is 6.08. The minimum absolute atomic E-state index is 0.00862. The molecule has 1 aromatic carbocycles. The molecule has 29 heavy (non-hydrogen) atoms. The third-order valence-electron chi connectivity index (χ3n) is 6.02. The Bertz CT molecular complexity index is 931. The van der Waals surface area contributed by atoms with E-state index in [1.807, 2.05) is 11.0 Å². The van der Waals surface area contributed by atoms with Crippen LogP contribution in [0.2, 0.25) is 0 Å². The Morgan fingerprint density at radius 1 is 1.28 bits per heavy atom. The number of fused-ring (bicyclic) bond motifs is 1. The molecule has 0 saturated carbocycles. The fraction of sp³-hybridized carbons (Fsp3) is 0.500. The highest BCUT2D eigenvalue weighted by Crippen LogP contribution is 2.38. The van der Waals surface area contributed by atoms with Gasteiger partial charge in [-0.1, -0.05) is 26.8 Å². The number of hydrogen-bond donors (Lipinski definition) is 0. The standard InChI is InChI=1S/C22H27N3O3S/c1-4-22(2,3)15-7-8-18-17(11-15)25(20(26)13-28-18)12-19-23-16(14-29-19)21(27)24-9-5-6-10-24/h7-8,11,14H,4-6,9-10,12-13H2,1-3H3. The monoisotopic (exact) mass is 413 g/mol. The van der Waals surface area contributed by atoms with Gasteiger partial charge in [0.1, 0.15) is 16.5 Å². The zero-order chi connectivity index (χ0) is 20.6. The van der Waals surface area contributed by atoms with Crippen molar-refractivity contribution in [3.8, 4) is 5.75 Å². The summed E-state index contributed by atoms with van der Waals surface area (Å²) in [5.74, 6) is 0.613. The first kappa shape index (κ1) is 19.9. The van der Waals surface area contributed by atoms with Gasteiger partial charge < -0.3 is 9.64 Å². The van der Waals surface area contributed by atoms with Crippen LogP contribution < -0.4 is 9.64 Å². The van der Waals surface area contributed by atoms with Crippen LogP contribution in [0.1, 0.15) is 61.1 Å². The second-order valence-corrected chi connectivity index (χ2v) is 9.26. The van der Waals surface area contributed by atoms with Gasteiger partial charge in [0, 0.05) is 18.5 Å². The molecule has 2 aliphatic heterocycles. The molecule has 2 amide bonds. The minimum atomic E-state index is -0.0911. The average Bonchev–Trinajstić information content (AvgIpc) is 3.41. The number of benzene rings is 1. The summed E-state index contributed by atoms with van der Waals surface area (Å²) in [4.78, 5) is 33.3. The van der Waals surface area contributed by atoms with Gasteiger partial charge in [-0.25, -0.2) is 4.98 Å². The highest BCUT2D eigenvalue weighted by molar-refractivity contribution is 7.09. The van der Waals surface area contributed by atoms with E-state index < -0.39 is 0 Å². The van der Waals surface area contributed by atoms with Crippen molar-refractivity contribution in [2.75, 3.05) is 24.6 Å². The predicted octanol–water partition coefficient (Wildman–Crippen LogP) is 3.99. The number of rotatable bonds is 5. The van der Waals surface area contributed by atoms with E-state index in [1.54, 1.807) is 10.3 Å². The molecule has 0 unspecified atom stereocenters. The number of ether oxygens (including phenoxy) is 1. The molecule has 2 aliphatic rings. The zero-order valence-corrected chi connectivity index (χ0v) is 18.1. The van der Waals surface area contributed by atoms with Crippen LogP contribution in [0.3, 0.4) is 0 Å². The lowest BCUT2D eigenvalue weighted by Gasteiger charge is -2.31. The van der Waals surface area contributed by atoms with Crippen LogP contribution in [-0.2, 0) is 16.8 Å². The number of thiazole rings is 1. The second kappa shape index (κ2) is 7.78. The molecule has 0 radical (unpaired) electrons. The number of nitrogens with zero attached hydrogens (tertiary/aromatic N) is 3.